The monoisotopic (exact) mass is 193 g/mol. The number of rotatable bonds is 2. The van der Waals surface area contributed by atoms with Crippen molar-refractivity contribution in [1.82, 2.24) is 5.32 Å². The van der Waals surface area contributed by atoms with Gasteiger partial charge in [0.1, 0.15) is 5.82 Å². The van der Waals surface area contributed by atoms with E-state index in [1.807, 2.05) is 0 Å². The quantitative estimate of drug-likeness (QED) is 0.766. The standard InChI is InChI=1S/C11H12FNO/c1-7(2)8-4-5-10(12)9(6-8)11(14)13-3/h4-6H,1H2,2-3H3,(H,13,14). The topological polar surface area (TPSA) is 29.1 Å². The number of carbonyl (C=O) groups is 1. The van der Waals surface area contributed by atoms with Crippen LogP contribution in [0.1, 0.15) is 22.8 Å². The molecule has 1 aromatic carbocycles. The Morgan fingerprint density at radius 3 is 2.64 bits per heavy atom. The summed E-state index contributed by atoms with van der Waals surface area (Å²) in [5.74, 6) is -0.944. The molecule has 0 aliphatic rings. The van der Waals surface area contributed by atoms with Crippen LogP contribution in [0.5, 0.6) is 0 Å². The Bertz CT molecular complexity index is 385. The second-order valence-electron chi connectivity index (χ2n) is 3.05. The van der Waals surface area contributed by atoms with Gasteiger partial charge in [0.05, 0.1) is 5.56 Å². The fourth-order valence-electron chi connectivity index (χ4n) is 1.10. The fourth-order valence-corrected chi connectivity index (χ4v) is 1.10. The highest BCUT2D eigenvalue weighted by molar-refractivity contribution is 5.95. The molecule has 14 heavy (non-hydrogen) atoms. The van der Waals surface area contributed by atoms with E-state index in [9.17, 15) is 9.18 Å². The van der Waals surface area contributed by atoms with Gasteiger partial charge in [-0.25, -0.2) is 4.39 Å². The van der Waals surface area contributed by atoms with E-state index >= 15 is 0 Å². The van der Waals surface area contributed by atoms with E-state index in [2.05, 4.69) is 11.9 Å². The second-order valence-corrected chi connectivity index (χ2v) is 3.05. The summed E-state index contributed by atoms with van der Waals surface area (Å²) < 4.78 is 13.2. The maximum Gasteiger partial charge on any atom is 0.254 e. The molecule has 0 saturated heterocycles. The average molecular weight is 193 g/mol. The molecule has 2 nitrogen and oxygen atoms in total. The van der Waals surface area contributed by atoms with Crippen LogP contribution in [0.15, 0.2) is 24.8 Å². The molecule has 0 spiro atoms. The van der Waals surface area contributed by atoms with Crippen LogP contribution in [0, 0.1) is 5.82 Å². The lowest BCUT2D eigenvalue weighted by Crippen LogP contribution is -2.19. The summed E-state index contributed by atoms with van der Waals surface area (Å²) in [6.45, 7) is 5.53. The lowest BCUT2D eigenvalue weighted by molar-refractivity contribution is 0.0959. The predicted octanol–water partition coefficient (Wildman–Crippen LogP) is 2.22. The largest absolute Gasteiger partial charge is 0.355 e. The number of benzene rings is 1. The van der Waals surface area contributed by atoms with Gasteiger partial charge in [0.2, 0.25) is 0 Å². The molecule has 0 atom stereocenters. The van der Waals surface area contributed by atoms with Crippen molar-refractivity contribution in [2.24, 2.45) is 0 Å². The third-order valence-corrected chi connectivity index (χ3v) is 1.93. The summed E-state index contributed by atoms with van der Waals surface area (Å²) in [6, 6.07) is 4.37. The van der Waals surface area contributed by atoms with Crippen LogP contribution < -0.4 is 5.32 Å². The Balaban J connectivity index is 3.21. The third kappa shape index (κ3) is 1.99. The van der Waals surface area contributed by atoms with Gasteiger partial charge in [-0.05, 0) is 24.6 Å². The minimum atomic E-state index is -0.519. The Kier molecular flexibility index (Phi) is 3.02. The number of halogens is 1. The Hall–Kier alpha value is -1.64. The first-order valence-electron chi connectivity index (χ1n) is 4.23. The van der Waals surface area contributed by atoms with E-state index in [0.29, 0.717) is 0 Å². The zero-order valence-corrected chi connectivity index (χ0v) is 8.23. The number of hydrogen-bond donors (Lipinski definition) is 1. The Morgan fingerprint density at radius 1 is 1.50 bits per heavy atom. The lowest BCUT2D eigenvalue weighted by Gasteiger charge is -2.05. The van der Waals surface area contributed by atoms with Crippen molar-refractivity contribution in [3.63, 3.8) is 0 Å². The second kappa shape index (κ2) is 4.05. The van der Waals surface area contributed by atoms with Crippen LogP contribution in [-0.2, 0) is 0 Å². The van der Waals surface area contributed by atoms with E-state index in [0.717, 1.165) is 11.1 Å². The van der Waals surface area contributed by atoms with Crippen molar-refractivity contribution in [3.05, 3.63) is 41.7 Å². The minimum absolute atomic E-state index is 0.0491. The zero-order chi connectivity index (χ0) is 10.7. The number of amides is 1. The molecule has 0 unspecified atom stereocenters. The van der Waals surface area contributed by atoms with E-state index in [1.165, 1.54) is 19.2 Å². The van der Waals surface area contributed by atoms with Crippen LogP contribution in [-0.4, -0.2) is 13.0 Å². The molecule has 3 heteroatoms. The van der Waals surface area contributed by atoms with Crippen molar-refractivity contribution in [2.75, 3.05) is 7.05 Å². The highest BCUT2D eigenvalue weighted by Gasteiger charge is 2.10. The summed E-state index contributed by atoms with van der Waals surface area (Å²) in [5.41, 5.74) is 1.62. The SMILES string of the molecule is C=C(C)c1ccc(F)c(C(=O)NC)c1. The Morgan fingerprint density at radius 2 is 2.14 bits per heavy atom. The van der Waals surface area contributed by atoms with Crippen LogP contribution in [0.25, 0.3) is 5.57 Å². The maximum absolute atomic E-state index is 13.2. The molecule has 0 aromatic heterocycles. The van der Waals surface area contributed by atoms with Gasteiger partial charge in [-0.15, -0.1) is 0 Å². The summed E-state index contributed by atoms with van der Waals surface area (Å²) in [7, 11) is 1.47. The summed E-state index contributed by atoms with van der Waals surface area (Å²) in [4.78, 5) is 11.2. The van der Waals surface area contributed by atoms with Gasteiger partial charge in [-0.1, -0.05) is 18.2 Å². The van der Waals surface area contributed by atoms with Gasteiger partial charge in [-0.3, -0.25) is 4.79 Å². The van der Waals surface area contributed by atoms with Gasteiger partial charge >= 0.3 is 0 Å². The molecule has 0 aliphatic carbocycles. The molecule has 74 valence electrons. The van der Waals surface area contributed by atoms with Crippen LogP contribution >= 0.6 is 0 Å². The smallest absolute Gasteiger partial charge is 0.254 e. The molecule has 1 N–H and O–H groups in total. The molecule has 1 rings (SSSR count). The van der Waals surface area contributed by atoms with Crippen molar-refractivity contribution >= 4 is 11.5 Å². The number of hydrogen-bond acceptors (Lipinski definition) is 1. The summed E-state index contributed by atoms with van der Waals surface area (Å²) in [5, 5.41) is 2.38. The highest BCUT2D eigenvalue weighted by atomic mass is 19.1. The normalized spacial score (nSPS) is 9.64. The Labute approximate surface area is 82.4 Å². The van der Waals surface area contributed by atoms with E-state index in [1.54, 1.807) is 13.0 Å². The first kappa shape index (κ1) is 10.4. The molecule has 1 amide bonds. The summed E-state index contributed by atoms with van der Waals surface area (Å²) >= 11 is 0. The van der Waals surface area contributed by atoms with Crippen LogP contribution in [0.4, 0.5) is 4.39 Å². The molecule has 0 aliphatic heterocycles. The summed E-state index contributed by atoms with van der Waals surface area (Å²) in [6.07, 6.45) is 0. The number of carbonyl (C=O) groups excluding carboxylic acids is 1. The van der Waals surface area contributed by atoms with Gasteiger partial charge < -0.3 is 5.32 Å². The van der Waals surface area contributed by atoms with Gasteiger partial charge in [0.15, 0.2) is 0 Å². The molecule has 0 fully saturated rings. The highest BCUT2D eigenvalue weighted by Crippen LogP contribution is 2.16. The van der Waals surface area contributed by atoms with E-state index in [-0.39, 0.29) is 5.56 Å². The van der Waals surface area contributed by atoms with E-state index < -0.39 is 11.7 Å². The zero-order valence-electron chi connectivity index (χ0n) is 8.23. The molecule has 0 bridgehead atoms. The molecule has 0 radical (unpaired) electrons. The van der Waals surface area contributed by atoms with Crippen molar-refractivity contribution < 1.29 is 9.18 Å². The van der Waals surface area contributed by atoms with Gasteiger partial charge in [0, 0.05) is 7.05 Å². The first-order chi connectivity index (χ1) is 6.56. The number of allylic oxidation sites excluding steroid dienone is 1. The number of nitrogens with one attached hydrogen (secondary N) is 1. The fraction of sp³-hybridized carbons (Fsp3) is 0.182. The van der Waals surface area contributed by atoms with Crippen molar-refractivity contribution in [3.8, 4) is 0 Å². The predicted molar refractivity (Wildman–Crippen MR) is 54.5 cm³/mol. The van der Waals surface area contributed by atoms with Crippen molar-refractivity contribution in [2.45, 2.75) is 6.92 Å². The molecule has 0 heterocycles. The maximum atomic E-state index is 13.2. The molecular formula is C11H12FNO. The molecular weight excluding hydrogens is 181 g/mol. The van der Waals surface area contributed by atoms with Crippen LogP contribution in [0.2, 0.25) is 0 Å². The van der Waals surface area contributed by atoms with Gasteiger partial charge in [0.25, 0.3) is 5.91 Å². The first-order valence-corrected chi connectivity index (χ1v) is 4.23. The van der Waals surface area contributed by atoms with E-state index in [4.69, 9.17) is 0 Å². The average Bonchev–Trinajstić information content (AvgIpc) is 2.17. The van der Waals surface area contributed by atoms with Crippen LogP contribution in [0.3, 0.4) is 0 Å². The van der Waals surface area contributed by atoms with Crippen molar-refractivity contribution in [1.29, 1.82) is 0 Å². The lowest BCUT2D eigenvalue weighted by atomic mass is 10.0. The molecule has 0 saturated carbocycles. The minimum Gasteiger partial charge on any atom is -0.355 e. The third-order valence-electron chi connectivity index (χ3n) is 1.93. The van der Waals surface area contributed by atoms with Gasteiger partial charge in [-0.2, -0.15) is 0 Å². The molecule has 1 aromatic rings.